The first kappa shape index (κ1) is 8.11. The van der Waals surface area contributed by atoms with E-state index in [1.165, 1.54) is 0 Å². The zero-order valence-corrected chi connectivity index (χ0v) is 7.99. The van der Waals surface area contributed by atoms with Crippen LogP contribution in [-0.4, -0.2) is 15.2 Å². The van der Waals surface area contributed by atoms with Crippen LogP contribution < -0.4 is 5.73 Å². The van der Waals surface area contributed by atoms with Crippen molar-refractivity contribution in [3.05, 3.63) is 36.8 Å². The molecule has 0 amide bonds. The number of nitrogens with one attached hydrogen (secondary N) is 2. The number of fused-ring (bicyclic) bond motifs is 1. The van der Waals surface area contributed by atoms with Crippen molar-refractivity contribution < 1.29 is 0 Å². The van der Waals surface area contributed by atoms with Gasteiger partial charge in [0.2, 0.25) is 0 Å². The van der Waals surface area contributed by atoms with Crippen LogP contribution in [0.25, 0.3) is 22.0 Å². The van der Waals surface area contributed by atoms with Gasteiger partial charge in [0.1, 0.15) is 0 Å². The molecule has 0 aliphatic heterocycles. The number of aromatic amines is 2. The van der Waals surface area contributed by atoms with Crippen LogP contribution in [0.2, 0.25) is 0 Å². The standard InChI is InChI=1S/C11H10N4/c12-10-3-1-2-8-9(6-13-11(8)10)7-4-14-15-5-7/h1-6,13H,12H2,(H,14,15). The van der Waals surface area contributed by atoms with E-state index >= 15 is 0 Å². The third kappa shape index (κ3) is 1.11. The van der Waals surface area contributed by atoms with Crippen molar-refractivity contribution in [2.45, 2.75) is 0 Å². The Bertz CT molecular complexity index is 592. The maximum Gasteiger partial charge on any atom is 0.0694 e. The summed E-state index contributed by atoms with van der Waals surface area (Å²) in [4.78, 5) is 3.18. The number of nitrogens with zero attached hydrogens (tertiary/aromatic N) is 1. The third-order valence-corrected chi connectivity index (χ3v) is 2.56. The minimum absolute atomic E-state index is 0.766. The van der Waals surface area contributed by atoms with Crippen LogP contribution in [0.4, 0.5) is 5.69 Å². The molecular weight excluding hydrogens is 188 g/mol. The summed E-state index contributed by atoms with van der Waals surface area (Å²) in [6.45, 7) is 0. The van der Waals surface area contributed by atoms with Gasteiger partial charge in [-0.2, -0.15) is 5.10 Å². The van der Waals surface area contributed by atoms with Gasteiger partial charge in [-0.05, 0) is 6.07 Å². The second-order valence-corrected chi connectivity index (χ2v) is 3.46. The highest BCUT2D eigenvalue weighted by molar-refractivity contribution is 6.00. The van der Waals surface area contributed by atoms with Crippen molar-refractivity contribution in [3.63, 3.8) is 0 Å². The second-order valence-electron chi connectivity index (χ2n) is 3.46. The van der Waals surface area contributed by atoms with Crippen LogP contribution in [0.5, 0.6) is 0 Å². The van der Waals surface area contributed by atoms with Crippen molar-refractivity contribution in [1.82, 2.24) is 15.2 Å². The van der Waals surface area contributed by atoms with Crippen molar-refractivity contribution in [2.24, 2.45) is 0 Å². The van der Waals surface area contributed by atoms with Crippen LogP contribution >= 0.6 is 0 Å². The van der Waals surface area contributed by atoms with Gasteiger partial charge in [0.05, 0.1) is 17.4 Å². The van der Waals surface area contributed by atoms with Crippen molar-refractivity contribution >= 4 is 16.6 Å². The summed E-state index contributed by atoms with van der Waals surface area (Å²) in [7, 11) is 0. The van der Waals surface area contributed by atoms with Gasteiger partial charge in [-0.3, -0.25) is 5.10 Å². The molecule has 0 saturated carbocycles. The fraction of sp³-hybridized carbons (Fsp3) is 0. The molecule has 2 aromatic heterocycles. The lowest BCUT2D eigenvalue weighted by atomic mass is 10.1. The van der Waals surface area contributed by atoms with Gasteiger partial charge in [-0.15, -0.1) is 0 Å². The lowest BCUT2D eigenvalue weighted by Gasteiger charge is -1.96. The number of H-pyrrole nitrogens is 2. The van der Waals surface area contributed by atoms with E-state index in [-0.39, 0.29) is 0 Å². The third-order valence-electron chi connectivity index (χ3n) is 2.56. The van der Waals surface area contributed by atoms with Gasteiger partial charge >= 0.3 is 0 Å². The largest absolute Gasteiger partial charge is 0.397 e. The molecule has 4 heteroatoms. The SMILES string of the molecule is Nc1cccc2c(-c3cn[nH]c3)c[nH]c12. The van der Waals surface area contributed by atoms with E-state index in [2.05, 4.69) is 15.2 Å². The van der Waals surface area contributed by atoms with E-state index in [4.69, 9.17) is 5.73 Å². The number of aromatic nitrogens is 3. The summed E-state index contributed by atoms with van der Waals surface area (Å²) in [6, 6.07) is 5.89. The van der Waals surface area contributed by atoms with Crippen LogP contribution in [0.15, 0.2) is 36.8 Å². The van der Waals surface area contributed by atoms with Crippen LogP contribution in [0, 0.1) is 0 Å². The Kier molecular flexibility index (Phi) is 1.56. The van der Waals surface area contributed by atoms with Crippen molar-refractivity contribution in [3.8, 4) is 11.1 Å². The summed E-state index contributed by atoms with van der Waals surface area (Å²) in [6.07, 6.45) is 5.61. The van der Waals surface area contributed by atoms with Crippen LogP contribution in [0.1, 0.15) is 0 Å². The highest BCUT2D eigenvalue weighted by Gasteiger charge is 2.07. The van der Waals surface area contributed by atoms with Crippen LogP contribution in [-0.2, 0) is 0 Å². The highest BCUT2D eigenvalue weighted by atomic mass is 15.1. The molecule has 2 heterocycles. The first-order chi connectivity index (χ1) is 7.36. The van der Waals surface area contributed by atoms with Gasteiger partial charge < -0.3 is 10.7 Å². The Morgan fingerprint density at radius 2 is 2.13 bits per heavy atom. The molecule has 3 aromatic rings. The normalized spacial score (nSPS) is 10.9. The molecule has 0 spiro atoms. The molecular formula is C11H10N4. The minimum atomic E-state index is 0.766. The van der Waals surface area contributed by atoms with E-state index in [1.807, 2.05) is 30.6 Å². The summed E-state index contributed by atoms with van der Waals surface area (Å²) >= 11 is 0. The number of rotatable bonds is 1. The summed E-state index contributed by atoms with van der Waals surface area (Å²) in [5.41, 5.74) is 9.79. The van der Waals surface area contributed by atoms with E-state index in [9.17, 15) is 0 Å². The quantitative estimate of drug-likeness (QED) is 0.524. The molecule has 4 nitrogen and oxygen atoms in total. The summed E-state index contributed by atoms with van der Waals surface area (Å²) in [5, 5.41) is 7.86. The average molecular weight is 198 g/mol. The molecule has 0 unspecified atom stereocenters. The highest BCUT2D eigenvalue weighted by Crippen LogP contribution is 2.30. The summed E-state index contributed by atoms with van der Waals surface area (Å²) in [5.74, 6) is 0. The molecule has 0 fully saturated rings. The smallest absolute Gasteiger partial charge is 0.0694 e. The van der Waals surface area contributed by atoms with Crippen molar-refractivity contribution in [2.75, 3.05) is 5.73 Å². The van der Waals surface area contributed by atoms with Gasteiger partial charge in [0.25, 0.3) is 0 Å². The molecule has 1 aromatic carbocycles. The van der Waals surface area contributed by atoms with E-state index < -0.39 is 0 Å². The number of hydrogen-bond donors (Lipinski definition) is 3. The van der Waals surface area contributed by atoms with Gasteiger partial charge in [0, 0.05) is 28.9 Å². The van der Waals surface area contributed by atoms with Gasteiger partial charge in [-0.25, -0.2) is 0 Å². The van der Waals surface area contributed by atoms with Gasteiger partial charge in [-0.1, -0.05) is 12.1 Å². The number of hydrogen-bond acceptors (Lipinski definition) is 2. The zero-order valence-electron chi connectivity index (χ0n) is 7.99. The minimum Gasteiger partial charge on any atom is -0.397 e. The molecule has 4 N–H and O–H groups in total. The molecule has 15 heavy (non-hydrogen) atoms. The molecule has 3 rings (SSSR count). The Morgan fingerprint density at radius 1 is 1.20 bits per heavy atom. The zero-order chi connectivity index (χ0) is 10.3. The Morgan fingerprint density at radius 3 is 2.93 bits per heavy atom. The number of anilines is 1. The van der Waals surface area contributed by atoms with E-state index in [0.29, 0.717) is 0 Å². The van der Waals surface area contributed by atoms with E-state index in [0.717, 1.165) is 27.7 Å². The predicted molar refractivity (Wildman–Crippen MR) is 60.3 cm³/mol. The topological polar surface area (TPSA) is 70.5 Å². The van der Waals surface area contributed by atoms with Crippen LogP contribution in [0.3, 0.4) is 0 Å². The maximum absolute atomic E-state index is 5.87. The molecule has 0 saturated heterocycles. The fourth-order valence-corrected chi connectivity index (χ4v) is 1.81. The molecule has 0 aliphatic rings. The molecule has 0 atom stereocenters. The molecule has 0 bridgehead atoms. The lowest BCUT2D eigenvalue weighted by molar-refractivity contribution is 1.09. The molecule has 0 aliphatic carbocycles. The first-order valence-corrected chi connectivity index (χ1v) is 4.71. The first-order valence-electron chi connectivity index (χ1n) is 4.71. The number of benzene rings is 1. The second kappa shape index (κ2) is 2.88. The number of nitrogen functional groups attached to an aromatic ring is 1. The lowest BCUT2D eigenvalue weighted by Crippen LogP contribution is -1.84. The Balaban J connectivity index is 2.34. The average Bonchev–Trinajstić information content (AvgIpc) is 2.85. The van der Waals surface area contributed by atoms with Crippen molar-refractivity contribution in [1.29, 1.82) is 0 Å². The Hall–Kier alpha value is -2.23. The Labute approximate surface area is 86.1 Å². The number of nitrogens with two attached hydrogens (primary N) is 1. The van der Waals surface area contributed by atoms with Gasteiger partial charge in [0.15, 0.2) is 0 Å². The summed E-state index contributed by atoms with van der Waals surface area (Å²) < 4.78 is 0. The molecule has 74 valence electrons. The maximum atomic E-state index is 5.87. The fourth-order valence-electron chi connectivity index (χ4n) is 1.81. The predicted octanol–water partition coefficient (Wildman–Crippen LogP) is 2.14. The number of para-hydroxylation sites is 1. The molecule has 0 radical (unpaired) electrons. The monoisotopic (exact) mass is 198 g/mol. The van der Waals surface area contributed by atoms with E-state index in [1.54, 1.807) is 6.20 Å².